The molecule has 4 heteroatoms. The van der Waals surface area contributed by atoms with Crippen LogP contribution in [0.5, 0.6) is 0 Å². The molecule has 0 aliphatic carbocycles. The Balaban J connectivity index is 2.61. The zero-order valence-electron chi connectivity index (χ0n) is 4.63. The van der Waals surface area contributed by atoms with E-state index >= 15 is 0 Å². The van der Waals surface area contributed by atoms with Crippen LogP contribution in [-0.4, -0.2) is 5.91 Å². The fourth-order valence-corrected chi connectivity index (χ4v) is 0.434. The predicted molar refractivity (Wildman–Crippen MR) is 30.6 cm³/mol. The molecule has 0 saturated carbocycles. The molecule has 0 fully saturated rings. The van der Waals surface area contributed by atoms with E-state index in [0.717, 1.165) is 0 Å². The van der Waals surface area contributed by atoms with Crippen LogP contribution in [0.1, 0.15) is 0 Å². The molecule has 1 aliphatic heterocycles. The Morgan fingerprint density at radius 1 is 1.78 bits per heavy atom. The summed E-state index contributed by atoms with van der Waals surface area (Å²) in [5.74, 6) is -0.528. The Kier molecular flexibility index (Phi) is 1.40. The number of carbonyl (C=O) groups is 1. The lowest BCUT2D eigenvalue weighted by Crippen LogP contribution is -2.24. The van der Waals surface area contributed by atoms with Crippen LogP contribution in [0.4, 0.5) is 0 Å². The Morgan fingerprint density at radius 2 is 2.56 bits per heavy atom. The van der Waals surface area contributed by atoms with Crippen molar-refractivity contribution in [2.45, 2.75) is 0 Å². The van der Waals surface area contributed by atoms with E-state index in [4.69, 9.17) is 5.73 Å². The molecular formula is C5H6N2O2. The second-order valence-corrected chi connectivity index (χ2v) is 1.48. The van der Waals surface area contributed by atoms with Gasteiger partial charge in [-0.1, -0.05) is 0 Å². The number of nitrogens with one attached hydrogen (secondary N) is 1. The van der Waals surface area contributed by atoms with Gasteiger partial charge >= 0.3 is 0 Å². The van der Waals surface area contributed by atoms with Crippen LogP contribution in [0, 0.1) is 0 Å². The number of amides is 1. The lowest BCUT2D eigenvalue weighted by Gasteiger charge is -2.05. The van der Waals surface area contributed by atoms with Crippen LogP contribution in [0.25, 0.3) is 0 Å². The van der Waals surface area contributed by atoms with Gasteiger partial charge in [0.25, 0.3) is 5.91 Å². The zero-order chi connectivity index (χ0) is 6.69. The molecule has 0 aromatic carbocycles. The van der Waals surface area contributed by atoms with Crippen LogP contribution in [-0.2, 0) is 9.53 Å². The van der Waals surface area contributed by atoms with E-state index in [0.29, 0.717) is 0 Å². The van der Waals surface area contributed by atoms with Crippen molar-refractivity contribution in [3.8, 4) is 0 Å². The number of hydrogen-bond acceptors (Lipinski definition) is 3. The molecule has 0 unspecified atom stereocenters. The van der Waals surface area contributed by atoms with Gasteiger partial charge in [-0.25, -0.2) is 0 Å². The number of primary amides is 1. The maximum atomic E-state index is 10.3. The van der Waals surface area contributed by atoms with Crippen LogP contribution in [0.3, 0.4) is 0 Å². The fraction of sp³-hybridized carbons (Fsp3) is 0. The molecule has 1 amide bonds. The Hall–Kier alpha value is -1.45. The van der Waals surface area contributed by atoms with Gasteiger partial charge in [0.1, 0.15) is 18.2 Å². The van der Waals surface area contributed by atoms with Gasteiger partial charge in [-0.3, -0.25) is 4.79 Å². The second-order valence-electron chi connectivity index (χ2n) is 1.48. The molecule has 4 nitrogen and oxygen atoms in total. The molecule has 0 spiro atoms. The highest BCUT2D eigenvalue weighted by molar-refractivity contribution is 5.91. The minimum absolute atomic E-state index is 0.262. The monoisotopic (exact) mass is 126 g/mol. The van der Waals surface area contributed by atoms with Crippen LogP contribution in [0.15, 0.2) is 24.4 Å². The summed E-state index contributed by atoms with van der Waals surface area (Å²) in [5, 5.41) is 2.60. The first-order chi connectivity index (χ1) is 4.30. The van der Waals surface area contributed by atoms with E-state index < -0.39 is 5.91 Å². The third-order valence-electron chi connectivity index (χ3n) is 0.837. The van der Waals surface area contributed by atoms with E-state index in [1.54, 1.807) is 0 Å². The van der Waals surface area contributed by atoms with Crippen molar-refractivity contribution in [2.75, 3.05) is 0 Å². The highest BCUT2D eigenvalue weighted by Crippen LogP contribution is 1.94. The minimum atomic E-state index is -0.528. The molecule has 0 bridgehead atoms. The molecular weight excluding hydrogens is 120 g/mol. The average molecular weight is 126 g/mol. The summed E-state index contributed by atoms with van der Waals surface area (Å²) >= 11 is 0. The van der Waals surface area contributed by atoms with Crippen molar-refractivity contribution in [1.29, 1.82) is 0 Å². The van der Waals surface area contributed by atoms with E-state index in [-0.39, 0.29) is 5.70 Å². The Morgan fingerprint density at radius 3 is 2.89 bits per heavy atom. The normalized spacial score (nSPS) is 15.3. The second kappa shape index (κ2) is 2.21. The molecule has 0 atom stereocenters. The maximum Gasteiger partial charge on any atom is 0.268 e. The van der Waals surface area contributed by atoms with Gasteiger partial charge in [-0.05, 0) is 0 Å². The van der Waals surface area contributed by atoms with Crippen molar-refractivity contribution in [3.05, 3.63) is 24.4 Å². The van der Waals surface area contributed by atoms with Crippen LogP contribution >= 0.6 is 0 Å². The molecule has 48 valence electrons. The van der Waals surface area contributed by atoms with Crippen molar-refractivity contribution < 1.29 is 9.53 Å². The number of carbonyl (C=O) groups excluding carboxylic acids is 1. The molecule has 0 aromatic heterocycles. The average Bonchev–Trinajstić information content (AvgIpc) is 1.90. The molecule has 0 aromatic rings. The van der Waals surface area contributed by atoms with Crippen LogP contribution < -0.4 is 11.1 Å². The van der Waals surface area contributed by atoms with Crippen molar-refractivity contribution in [2.24, 2.45) is 5.73 Å². The first-order valence-electron chi connectivity index (χ1n) is 2.37. The van der Waals surface area contributed by atoms with Gasteiger partial charge in [-0.2, -0.15) is 0 Å². The molecule has 1 aliphatic rings. The van der Waals surface area contributed by atoms with Gasteiger partial charge in [0, 0.05) is 6.20 Å². The van der Waals surface area contributed by atoms with E-state index in [2.05, 4.69) is 10.1 Å². The van der Waals surface area contributed by atoms with Gasteiger partial charge in [0.15, 0.2) is 0 Å². The number of nitrogens with two attached hydrogens (primary N) is 1. The van der Waals surface area contributed by atoms with Gasteiger partial charge < -0.3 is 15.8 Å². The fourth-order valence-electron chi connectivity index (χ4n) is 0.434. The van der Waals surface area contributed by atoms with E-state index in [1.807, 2.05) is 0 Å². The molecule has 1 heterocycles. The smallest absolute Gasteiger partial charge is 0.268 e. The minimum Gasteiger partial charge on any atom is -0.469 e. The topological polar surface area (TPSA) is 64.4 Å². The van der Waals surface area contributed by atoms with Crippen molar-refractivity contribution >= 4 is 5.91 Å². The Labute approximate surface area is 52.0 Å². The van der Waals surface area contributed by atoms with Gasteiger partial charge in [-0.15, -0.1) is 0 Å². The summed E-state index contributed by atoms with van der Waals surface area (Å²) in [4.78, 5) is 10.3. The third-order valence-corrected chi connectivity index (χ3v) is 0.837. The summed E-state index contributed by atoms with van der Waals surface area (Å²) in [5.41, 5.74) is 5.15. The highest BCUT2D eigenvalue weighted by atomic mass is 16.5. The summed E-state index contributed by atoms with van der Waals surface area (Å²) < 4.78 is 4.64. The zero-order valence-corrected chi connectivity index (χ0v) is 4.63. The summed E-state index contributed by atoms with van der Waals surface area (Å²) in [6, 6.07) is 0. The standard InChI is InChI=1S/C5H6N2O2/c6-5(8)4-3-9-2-1-7-4/h1-3,7H,(H2,6,8). The molecule has 3 N–H and O–H groups in total. The summed E-state index contributed by atoms with van der Waals surface area (Å²) in [6.07, 6.45) is 4.15. The Bertz CT molecular complexity index is 183. The molecule has 0 saturated heterocycles. The van der Waals surface area contributed by atoms with E-state index in [9.17, 15) is 4.79 Å². The van der Waals surface area contributed by atoms with E-state index in [1.165, 1.54) is 18.7 Å². The number of ether oxygens (including phenoxy) is 1. The molecule has 0 radical (unpaired) electrons. The van der Waals surface area contributed by atoms with Gasteiger partial charge in [0.2, 0.25) is 0 Å². The molecule has 9 heavy (non-hydrogen) atoms. The number of hydrogen-bond donors (Lipinski definition) is 2. The SMILES string of the molecule is NC(=O)C1=COC=CN1. The summed E-state index contributed by atoms with van der Waals surface area (Å²) in [6.45, 7) is 0. The quantitative estimate of drug-likeness (QED) is 0.493. The van der Waals surface area contributed by atoms with Gasteiger partial charge in [0.05, 0.1) is 0 Å². The van der Waals surface area contributed by atoms with Crippen molar-refractivity contribution in [3.63, 3.8) is 0 Å². The first-order valence-corrected chi connectivity index (χ1v) is 2.37. The highest BCUT2D eigenvalue weighted by Gasteiger charge is 2.03. The largest absolute Gasteiger partial charge is 0.469 e. The lowest BCUT2D eigenvalue weighted by molar-refractivity contribution is -0.115. The summed E-state index contributed by atoms with van der Waals surface area (Å²) in [7, 11) is 0. The lowest BCUT2D eigenvalue weighted by atomic mass is 10.4. The molecule has 1 rings (SSSR count). The maximum absolute atomic E-state index is 10.3. The first kappa shape index (κ1) is 5.68. The number of rotatable bonds is 1. The van der Waals surface area contributed by atoms with Crippen molar-refractivity contribution in [1.82, 2.24) is 5.32 Å². The predicted octanol–water partition coefficient (Wildman–Crippen LogP) is -0.596. The third kappa shape index (κ3) is 1.22. The van der Waals surface area contributed by atoms with Crippen LogP contribution in [0.2, 0.25) is 0 Å².